The SMILES string of the molecule is CCN1CC(C)Cc2ccccc21. The minimum Gasteiger partial charge on any atom is -0.371 e. The second-order valence-corrected chi connectivity index (χ2v) is 3.98. The zero-order chi connectivity index (χ0) is 9.26. The maximum absolute atomic E-state index is 2.48. The molecule has 1 unspecified atom stereocenters. The van der Waals surface area contributed by atoms with Gasteiger partial charge >= 0.3 is 0 Å². The number of benzene rings is 1. The van der Waals surface area contributed by atoms with Gasteiger partial charge in [-0.2, -0.15) is 0 Å². The Bertz CT molecular complexity index is 293. The van der Waals surface area contributed by atoms with Crippen LogP contribution in [0.1, 0.15) is 19.4 Å². The summed E-state index contributed by atoms with van der Waals surface area (Å²) < 4.78 is 0. The highest BCUT2D eigenvalue weighted by atomic mass is 15.1. The summed E-state index contributed by atoms with van der Waals surface area (Å²) in [5, 5.41) is 0. The molecule has 0 radical (unpaired) electrons. The zero-order valence-corrected chi connectivity index (χ0v) is 8.46. The zero-order valence-electron chi connectivity index (χ0n) is 8.46. The van der Waals surface area contributed by atoms with Crippen LogP contribution >= 0.6 is 0 Å². The van der Waals surface area contributed by atoms with Gasteiger partial charge in [0.1, 0.15) is 0 Å². The molecule has 0 saturated heterocycles. The molecule has 1 nitrogen and oxygen atoms in total. The molecule has 1 aromatic carbocycles. The summed E-state index contributed by atoms with van der Waals surface area (Å²) in [5.74, 6) is 0.801. The quantitative estimate of drug-likeness (QED) is 0.634. The van der Waals surface area contributed by atoms with E-state index in [2.05, 4.69) is 43.0 Å². The predicted molar refractivity (Wildman–Crippen MR) is 57.2 cm³/mol. The Balaban J connectivity index is 2.37. The average Bonchev–Trinajstić information content (AvgIpc) is 2.16. The van der Waals surface area contributed by atoms with E-state index in [0.717, 1.165) is 12.5 Å². The van der Waals surface area contributed by atoms with Gasteiger partial charge in [0, 0.05) is 18.8 Å². The van der Waals surface area contributed by atoms with Gasteiger partial charge in [0.2, 0.25) is 0 Å². The maximum atomic E-state index is 2.48. The third kappa shape index (κ3) is 1.55. The van der Waals surface area contributed by atoms with Gasteiger partial charge in [-0.05, 0) is 30.9 Å². The molecule has 0 fully saturated rings. The van der Waals surface area contributed by atoms with Gasteiger partial charge in [-0.15, -0.1) is 0 Å². The molecule has 0 bridgehead atoms. The molecule has 1 heteroatoms. The van der Waals surface area contributed by atoms with Crippen LogP contribution in [-0.2, 0) is 6.42 Å². The highest BCUT2D eigenvalue weighted by Gasteiger charge is 2.19. The van der Waals surface area contributed by atoms with Crippen LogP contribution in [-0.4, -0.2) is 13.1 Å². The van der Waals surface area contributed by atoms with Crippen LogP contribution in [0.4, 0.5) is 5.69 Å². The molecule has 1 atom stereocenters. The van der Waals surface area contributed by atoms with Gasteiger partial charge in [0.15, 0.2) is 0 Å². The molecule has 1 aliphatic rings. The molecular weight excluding hydrogens is 158 g/mol. The van der Waals surface area contributed by atoms with Crippen molar-refractivity contribution in [2.24, 2.45) is 5.92 Å². The van der Waals surface area contributed by atoms with E-state index in [1.807, 2.05) is 0 Å². The van der Waals surface area contributed by atoms with Gasteiger partial charge in [0.05, 0.1) is 0 Å². The number of anilines is 1. The van der Waals surface area contributed by atoms with E-state index in [-0.39, 0.29) is 0 Å². The summed E-state index contributed by atoms with van der Waals surface area (Å²) >= 11 is 0. The fraction of sp³-hybridized carbons (Fsp3) is 0.500. The van der Waals surface area contributed by atoms with E-state index in [1.165, 1.54) is 24.2 Å². The summed E-state index contributed by atoms with van der Waals surface area (Å²) in [5.41, 5.74) is 2.96. The van der Waals surface area contributed by atoms with E-state index in [9.17, 15) is 0 Å². The second kappa shape index (κ2) is 3.41. The first-order valence-electron chi connectivity index (χ1n) is 5.14. The molecule has 1 heterocycles. The molecule has 0 spiro atoms. The molecular formula is C12H17N. The molecule has 0 aromatic heterocycles. The first-order chi connectivity index (χ1) is 6.31. The summed E-state index contributed by atoms with van der Waals surface area (Å²) in [4.78, 5) is 2.48. The average molecular weight is 175 g/mol. The molecule has 1 aromatic rings. The summed E-state index contributed by atoms with van der Waals surface area (Å²) in [6.45, 7) is 6.91. The van der Waals surface area contributed by atoms with Gasteiger partial charge in [-0.3, -0.25) is 0 Å². The summed E-state index contributed by atoms with van der Waals surface area (Å²) in [6, 6.07) is 8.78. The lowest BCUT2D eigenvalue weighted by molar-refractivity contribution is 0.537. The molecule has 2 rings (SSSR count). The van der Waals surface area contributed by atoms with Crippen molar-refractivity contribution < 1.29 is 0 Å². The Morgan fingerprint density at radius 1 is 1.38 bits per heavy atom. The smallest absolute Gasteiger partial charge is 0.0398 e. The van der Waals surface area contributed by atoms with Crippen molar-refractivity contribution in [1.82, 2.24) is 0 Å². The molecule has 0 amide bonds. The van der Waals surface area contributed by atoms with Crippen molar-refractivity contribution in [3.05, 3.63) is 29.8 Å². The Morgan fingerprint density at radius 2 is 2.15 bits per heavy atom. The molecule has 0 aliphatic carbocycles. The van der Waals surface area contributed by atoms with Crippen LogP contribution in [0.2, 0.25) is 0 Å². The number of para-hydroxylation sites is 1. The normalized spacial score (nSPS) is 21.4. The topological polar surface area (TPSA) is 3.24 Å². The van der Waals surface area contributed by atoms with Gasteiger partial charge in [-0.1, -0.05) is 25.1 Å². The van der Waals surface area contributed by atoms with Crippen LogP contribution < -0.4 is 4.90 Å². The number of hydrogen-bond acceptors (Lipinski definition) is 1. The highest BCUT2D eigenvalue weighted by molar-refractivity contribution is 5.55. The number of nitrogens with zero attached hydrogens (tertiary/aromatic N) is 1. The van der Waals surface area contributed by atoms with Gasteiger partial charge < -0.3 is 4.90 Å². The van der Waals surface area contributed by atoms with Crippen LogP contribution in [0.3, 0.4) is 0 Å². The lowest BCUT2D eigenvalue weighted by atomic mass is 9.94. The standard InChI is InChI=1S/C12H17N/c1-3-13-9-10(2)8-11-6-4-5-7-12(11)13/h4-7,10H,3,8-9H2,1-2H3. The van der Waals surface area contributed by atoms with E-state index in [0.29, 0.717) is 0 Å². The lowest BCUT2D eigenvalue weighted by Crippen LogP contribution is -2.33. The molecule has 70 valence electrons. The molecule has 0 saturated carbocycles. The maximum Gasteiger partial charge on any atom is 0.0398 e. The Kier molecular flexibility index (Phi) is 2.26. The molecule has 1 aliphatic heterocycles. The fourth-order valence-electron chi connectivity index (χ4n) is 2.21. The number of rotatable bonds is 1. The minimum absolute atomic E-state index is 0.801. The lowest BCUT2D eigenvalue weighted by Gasteiger charge is -2.33. The Morgan fingerprint density at radius 3 is 2.92 bits per heavy atom. The van der Waals surface area contributed by atoms with Crippen LogP contribution in [0.5, 0.6) is 0 Å². The minimum atomic E-state index is 0.801. The molecule has 0 N–H and O–H groups in total. The molecule has 13 heavy (non-hydrogen) atoms. The van der Waals surface area contributed by atoms with E-state index in [1.54, 1.807) is 0 Å². The Labute approximate surface area is 80.4 Å². The van der Waals surface area contributed by atoms with Crippen molar-refractivity contribution in [3.63, 3.8) is 0 Å². The predicted octanol–water partition coefficient (Wildman–Crippen LogP) is 2.71. The third-order valence-electron chi connectivity index (χ3n) is 2.81. The first kappa shape index (κ1) is 8.61. The monoisotopic (exact) mass is 175 g/mol. The van der Waals surface area contributed by atoms with Crippen LogP contribution in [0, 0.1) is 5.92 Å². The highest BCUT2D eigenvalue weighted by Crippen LogP contribution is 2.28. The van der Waals surface area contributed by atoms with Crippen molar-refractivity contribution in [2.45, 2.75) is 20.3 Å². The number of fused-ring (bicyclic) bond motifs is 1. The van der Waals surface area contributed by atoms with E-state index < -0.39 is 0 Å². The fourth-order valence-corrected chi connectivity index (χ4v) is 2.21. The van der Waals surface area contributed by atoms with Gasteiger partial charge in [-0.25, -0.2) is 0 Å². The van der Waals surface area contributed by atoms with Crippen LogP contribution in [0.25, 0.3) is 0 Å². The van der Waals surface area contributed by atoms with E-state index in [4.69, 9.17) is 0 Å². The van der Waals surface area contributed by atoms with Crippen molar-refractivity contribution in [3.8, 4) is 0 Å². The van der Waals surface area contributed by atoms with Crippen molar-refractivity contribution in [2.75, 3.05) is 18.0 Å². The van der Waals surface area contributed by atoms with Crippen molar-refractivity contribution >= 4 is 5.69 Å². The van der Waals surface area contributed by atoms with Crippen molar-refractivity contribution in [1.29, 1.82) is 0 Å². The first-order valence-corrected chi connectivity index (χ1v) is 5.14. The largest absolute Gasteiger partial charge is 0.371 e. The van der Waals surface area contributed by atoms with E-state index >= 15 is 0 Å². The van der Waals surface area contributed by atoms with Crippen LogP contribution in [0.15, 0.2) is 24.3 Å². The summed E-state index contributed by atoms with van der Waals surface area (Å²) in [7, 11) is 0. The second-order valence-electron chi connectivity index (χ2n) is 3.98. The Hall–Kier alpha value is -0.980. The summed E-state index contributed by atoms with van der Waals surface area (Å²) in [6.07, 6.45) is 1.24. The third-order valence-corrected chi connectivity index (χ3v) is 2.81. The van der Waals surface area contributed by atoms with Gasteiger partial charge in [0.25, 0.3) is 0 Å². The number of hydrogen-bond donors (Lipinski definition) is 0.